The Morgan fingerprint density at radius 2 is 1.83 bits per heavy atom. The number of anilines is 1. The second-order valence-electron chi connectivity index (χ2n) is 8.13. The molecule has 0 unspecified atom stereocenters. The molecule has 0 saturated heterocycles. The van der Waals surface area contributed by atoms with Gasteiger partial charge in [0, 0.05) is 18.0 Å². The van der Waals surface area contributed by atoms with Gasteiger partial charge < -0.3 is 25.3 Å². The molecule has 0 aliphatic rings. The van der Waals surface area contributed by atoms with E-state index in [1.165, 1.54) is 36.4 Å². The summed E-state index contributed by atoms with van der Waals surface area (Å²) < 4.78 is 90.7. The average molecular weight is 569 g/mol. The number of nitrogens with one attached hydrogen (secondary N) is 1. The number of nitrogens with zero attached hydrogens (tertiary/aromatic N) is 2. The van der Waals surface area contributed by atoms with E-state index in [9.17, 15) is 28.0 Å². The Hall–Kier alpha value is -5.64. The SMILES string of the molecule is [2H]C([2H])([2H])Oc1cc(OC(F)(F)F)ccc1Oc1cc(-c2cccc(C#N)c2)cc(F)c1C(=O)Nc1ccnc(C(N)=O)c1. The van der Waals surface area contributed by atoms with Crippen molar-refractivity contribution in [3.8, 4) is 40.2 Å². The molecule has 1 aromatic heterocycles. The Bertz CT molecular complexity index is 1790. The van der Waals surface area contributed by atoms with E-state index < -0.39 is 59.6 Å². The molecule has 3 aromatic carbocycles. The first kappa shape index (κ1) is 24.4. The van der Waals surface area contributed by atoms with Crippen molar-refractivity contribution in [1.82, 2.24) is 4.98 Å². The lowest BCUT2D eigenvalue weighted by Gasteiger charge is -2.17. The van der Waals surface area contributed by atoms with Crippen molar-refractivity contribution in [2.45, 2.75) is 6.36 Å². The molecule has 4 rings (SSSR count). The van der Waals surface area contributed by atoms with Gasteiger partial charge in [-0.2, -0.15) is 5.26 Å². The maximum Gasteiger partial charge on any atom is 0.573 e. The third kappa shape index (κ3) is 6.87. The van der Waals surface area contributed by atoms with Crippen LogP contribution >= 0.6 is 0 Å². The number of ether oxygens (including phenoxy) is 3. The number of alkyl halides is 3. The van der Waals surface area contributed by atoms with Gasteiger partial charge in [0.05, 0.1) is 22.8 Å². The molecule has 0 bridgehead atoms. The van der Waals surface area contributed by atoms with Gasteiger partial charge in [0.25, 0.3) is 11.8 Å². The van der Waals surface area contributed by atoms with Gasteiger partial charge in [-0.15, -0.1) is 13.2 Å². The lowest BCUT2D eigenvalue weighted by Crippen LogP contribution is -2.17. The molecular formula is C28H18F4N4O5. The van der Waals surface area contributed by atoms with Gasteiger partial charge >= 0.3 is 6.36 Å². The van der Waals surface area contributed by atoms with E-state index >= 15 is 4.39 Å². The fourth-order valence-corrected chi connectivity index (χ4v) is 3.62. The Morgan fingerprint density at radius 1 is 1.02 bits per heavy atom. The second-order valence-corrected chi connectivity index (χ2v) is 8.13. The average Bonchev–Trinajstić information content (AvgIpc) is 2.92. The molecule has 0 fully saturated rings. The predicted molar refractivity (Wildman–Crippen MR) is 137 cm³/mol. The van der Waals surface area contributed by atoms with Gasteiger partial charge in [0.2, 0.25) is 0 Å². The van der Waals surface area contributed by atoms with Gasteiger partial charge in [-0.05, 0) is 59.7 Å². The summed E-state index contributed by atoms with van der Waals surface area (Å²) in [6.45, 7) is 0. The summed E-state index contributed by atoms with van der Waals surface area (Å²) in [4.78, 5) is 28.6. The van der Waals surface area contributed by atoms with Crippen LogP contribution < -0.4 is 25.3 Å². The zero-order valence-corrected chi connectivity index (χ0v) is 20.5. The smallest absolute Gasteiger partial charge is 0.493 e. The number of nitriles is 1. The minimum atomic E-state index is -5.12. The zero-order chi connectivity index (χ0) is 32.2. The summed E-state index contributed by atoms with van der Waals surface area (Å²) in [5.41, 5.74) is 4.94. The lowest BCUT2D eigenvalue weighted by atomic mass is 10.0. The number of halogens is 4. The predicted octanol–water partition coefficient (Wildman–Crippen LogP) is 5.81. The van der Waals surface area contributed by atoms with Gasteiger partial charge in [0.1, 0.15) is 28.6 Å². The third-order valence-corrected chi connectivity index (χ3v) is 5.35. The molecule has 4 aromatic rings. The number of benzene rings is 3. The highest BCUT2D eigenvalue weighted by molar-refractivity contribution is 6.07. The lowest BCUT2D eigenvalue weighted by molar-refractivity contribution is -0.274. The van der Waals surface area contributed by atoms with Crippen LogP contribution in [0.3, 0.4) is 0 Å². The molecule has 0 spiro atoms. The van der Waals surface area contributed by atoms with Crippen LogP contribution in [0.25, 0.3) is 11.1 Å². The fourth-order valence-electron chi connectivity index (χ4n) is 3.62. The number of methoxy groups -OCH3 is 1. The van der Waals surface area contributed by atoms with Crippen molar-refractivity contribution in [3.63, 3.8) is 0 Å². The number of hydrogen-bond acceptors (Lipinski definition) is 7. The van der Waals surface area contributed by atoms with Crippen molar-refractivity contribution in [3.05, 3.63) is 95.6 Å². The zero-order valence-electron chi connectivity index (χ0n) is 23.5. The molecule has 1 heterocycles. The molecular weight excluding hydrogens is 548 g/mol. The molecule has 0 atom stereocenters. The summed E-state index contributed by atoms with van der Waals surface area (Å²) >= 11 is 0. The van der Waals surface area contributed by atoms with Gasteiger partial charge in [-0.3, -0.25) is 14.6 Å². The Balaban J connectivity index is 1.84. The normalized spacial score (nSPS) is 12.2. The van der Waals surface area contributed by atoms with Crippen LogP contribution in [0.4, 0.5) is 23.2 Å². The molecule has 0 saturated carbocycles. The first-order chi connectivity index (χ1) is 20.6. The Morgan fingerprint density at radius 3 is 2.54 bits per heavy atom. The number of carbonyl (C=O) groups is 2. The molecule has 13 heteroatoms. The summed E-state index contributed by atoms with van der Waals surface area (Å²) in [5, 5.41) is 11.6. The monoisotopic (exact) mass is 569 g/mol. The Kier molecular flexibility index (Phi) is 6.92. The van der Waals surface area contributed by atoms with Gasteiger partial charge in [0.15, 0.2) is 11.5 Å². The summed E-state index contributed by atoms with van der Waals surface area (Å²) in [6.07, 6.45) is -3.96. The molecule has 0 aliphatic carbocycles. The first-order valence-electron chi connectivity index (χ1n) is 12.8. The first-order valence-corrected chi connectivity index (χ1v) is 11.3. The van der Waals surface area contributed by atoms with Crippen molar-refractivity contribution >= 4 is 17.5 Å². The maximum atomic E-state index is 15.7. The van der Waals surface area contributed by atoms with E-state index in [2.05, 4.69) is 15.0 Å². The van der Waals surface area contributed by atoms with Crippen LogP contribution in [0.5, 0.6) is 23.0 Å². The van der Waals surface area contributed by atoms with Crippen LogP contribution in [0.2, 0.25) is 0 Å². The van der Waals surface area contributed by atoms with Crippen LogP contribution in [-0.4, -0.2) is 30.2 Å². The summed E-state index contributed by atoms with van der Waals surface area (Å²) in [5.74, 6) is -5.80. The highest BCUT2D eigenvalue weighted by Crippen LogP contribution is 2.39. The van der Waals surface area contributed by atoms with Crippen LogP contribution in [-0.2, 0) is 0 Å². The fraction of sp³-hybridized carbons (Fsp3) is 0.0714. The van der Waals surface area contributed by atoms with Crippen LogP contribution in [0.1, 0.15) is 30.5 Å². The largest absolute Gasteiger partial charge is 0.573 e. The minimum absolute atomic E-state index is 0.00461. The van der Waals surface area contributed by atoms with Gasteiger partial charge in [-0.1, -0.05) is 12.1 Å². The summed E-state index contributed by atoms with van der Waals surface area (Å²) in [6, 6.07) is 14.7. The number of aromatic nitrogens is 1. The van der Waals surface area contributed by atoms with E-state index in [4.69, 9.17) is 19.3 Å². The highest BCUT2D eigenvalue weighted by atomic mass is 19.4. The van der Waals surface area contributed by atoms with Gasteiger partial charge in [-0.25, -0.2) is 4.39 Å². The molecule has 208 valence electrons. The topological polar surface area (TPSA) is 137 Å². The number of amides is 2. The number of hydrogen-bond donors (Lipinski definition) is 2. The van der Waals surface area contributed by atoms with Crippen molar-refractivity contribution in [2.24, 2.45) is 5.73 Å². The van der Waals surface area contributed by atoms with E-state index in [0.29, 0.717) is 11.6 Å². The second kappa shape index (κ2) is 11.6. The van der Waals surface area contributed by atoms with Crippen molar-refractivity contribution in [1.29, 1.82) is 5.26 Å². The summed E-state index contributed by atoms with van der Waals surface area (Å²) in [7, 11) is -3.17. The quantitative estimate of drug-likeness (QED) is 0.256. The minimum Gasteiger partial charge on any atom is -0.493 e. The van der Waals surface area contributed by atoms with E-state index in [1.54, 1.807) is 0 Å². The van der Waals surface area contributed by atoms with E-state index in [0.717, 1.165) is 30.5 Å². The van der Waals surface area contributed by atoms with E-state index in [-0.39, 0.29) is 22.5 Å². The number of rotatable bonds is 8. The molecule has 2 amide bonds. The molecule has 9 nitrogen and oxygen atoms in total. The highest BCUT2D eigenvalue weighted by Gasteiger charge is 2.31. The van der Waals surface area contributed by atoms with Crippen LogP contribution in [0, 0.1) is 17.1 Å². The molecule has 41 heavy (non-hydrogen) atoms. The third-order valence-electron chi connectivity index (χ3n) is 5.35. The van der Waals surface area contributed by atoms with Crippen molar-refractivity contribution in [2.75, 3.05) is 12.4 Å². The number of carbonyl (C=O) groups excluding carboxylic acids is 2. The number of nitrogens with two attached hydrogens (primary N) is 1. The van der Waals surface area contributed by atoms with Crippen LogP contribution in [0.15, 0.2) is 72.9 Å². The molecule has 0 aliphatic heterocycles. The van der Waals surface area contributed by atoms with Crippen molar-refractivity contribution < 1.29 is 45.5 Å². The molecule has 3 N–H and O–H groups in total. The standard InChI is InChI=1S/C28H18F4N4O5/c1-39-23-13-19(41-28(30,31)32)5-6-22(23)40-24-11-17(16-4-2-3-15(9-16)14-33)10-20(29)25(24)27(38)36-18-7-8-35-21(12-18)26(34)37/h2-13H,1H3,(H2,34,37)(H,35,36,38)/i1D3. The molecule has 0 radical (unpaired) electrons. The number of primary amides is 1. The maximum absolute atomic E-state index is 15.7. The Labute approximate surface area is 233 Å². The number of pyridine rings is 1. The van der Waals surface area contributed by atoms with E-state index in [1.807, 2.05) is 6.07 Å².